The van der Waals surface area contributed by atoms with Crippen LogP contribution >= 0.6 is 0 Å². The normalized spacial score (nSPS) is 19.4. The van der Waals surface area contributed by atoms with Crippen molar-refractivity contribution < 1.29 is 14.6 Å². The number of urea groups is 1. The lowest BCUT2D eigenvalue weighted by Crippen LogP contribution is -2.44. The fourth-order valence-electron chi connectivity index (χ4n) is 2.02. The second-order valence-corrected chi connectivity index (χ2v) is 4.40. The van der Waals surface area contributed by atoms with E-state index in [9.17, 15) is 9.90 Å². The largest absolute Gasteiger partial charge is 0.497 e. The van der Waals surface area contributed by atoms with Crippen LogP contribution in [0.3, 0.4) is 0 Å². The Balaban J connectivity index is 1.93. The van der Waals surface area contributed by atoms with Crippen molar-refractivity contribution in [1.29, 1.82) is 0 Å². The van der Waals surface area contributed by atoms with Crippen LogP contribution in [0.5, 0.6) is 5.75 Å². The first kappa shape index (κ1) is 12.7. The molecular weight excluding hydrogens is 232 g/mol. The summed E-state index contributed by atoms with van der Waals surface area (Å²) in [5.41, 5.74) is 0.723. The summed E-state index contributed by atoms with van der Waals surface area (Å²) in [6.45, 7) is 1.10. The molecule has 1 aliphatic heterocycles. The van der Waals surface area contributed by atoms with Crippen LogP contribution in [0.25, 0.3) is 0 Å². The highest BCUT2D eigenvalue weighted by Gasteiger charge is 2.21. The van der Waals surface area contributed by atoms with Crippen LogP contribution in [0.2, 0.25) is 0 Å². The molecule has 0 saturated carbocycles. The smallest absolute Gasteiger partial charge is 0.321 e. The van der Waals surface area contributed by atoms with Gasteiger partial charge in [0.15, 0.2) is 0 Å². The molecule has 1 saturated heterocycles. The molecule has 98 valence electrons. The molecule has 1 aromatic rings. The number of methoxy groups -OCH3 is 1. The van der Waals surface area contributed by atoms with Crippen LogP contribution < -0.4 is 10.1 Å². The lowest BCUT2D eigenvalue weighted by Gasteiger charge is -2.30. The van der Waals surface area contributed by atoms with E-state index in [2.05, 4.69) is 5.32 Å². The molecule has 2 amide bonds. The Bertz CT molecular complexity index is 405. The number of piperidine rings is 1. The highest BCUT2D eigenvalue weighted by molar-refractivity contribution is 5.89. The molecular formula is C13H18N2O3. The highest BCUT2D eigenvalue weighted by Crippen LogP contribution is 2.16. The zero-order valence-corrected chi connectivity index (χ0v) is 10.4. The number of nitrogens with one attached hydrogen (secondary N) is 1. The number of carbonyl (C=O) groups is 1. The maximum atomic E-state index is 11.9. The first-order valence-electron chi connectivity index (χ1n) is 6.07. The predicted molar refractivity (Wildman–Crippen MR) is 68.8 cm³/mol. The van der Waals surface area contributed by atoms with Gasteiger partial charge < -0.3 is 20.1 Å². The Morgan fingerprint density at radius 2 is 2.17 bits per heavy atom. The van der Waals surface area contributed by atoms with Crippen molar-refractivity contribution in [3.05, 3.63) is 24.3 Å². The molecule has 5 heteroatoms. The number of anilines is 1. The van der Waals surface area contributed by atoms with Crippen LogP contribution in [0.15, 0.2) is 24.3 Å². The fourth-order valence-corrected chi connectivity index (χ4v) is 2.02. The molecule has 1 aliphatic rings. The number of nitrogens with zero attached hydrogens (tertiary/aromatic N) is 1. The van der Waals surface area contributed by atoms with E-state index in [1.54, 1.807) is 36.3 Å². The van der Waals surface area contributed by atoms with Gasteiger partial charge in [-0.15, -0.1) is 0 Å². The van der Waals surface area contributed by atoms with E-state index in [1.165, 1.54) is 0 Å². The van der Waals surface area contributed by atoms with E-state index < -0.39 is 6.10 Å². The average molecular weight is 250 g/mol. The zero-order chi connectivity index (χ0) is 13.0. The monoisotopic (exact) mass is 250 g/mol. The first-order valence-corrected chi connectivity index (χ1v) is 6.07. The molecule has 2 N–H and O–H groups in total. The summed E-state index contributed by atoms with van der Waals surface area (Å²) in [5, 5.41) is 12.3. The van der Waals surface area contributed by atoms with Gasteiger partial charge in [-0.2, -0.15) is 0 Å². The molecule has 18 heavy (non-hydrogen) atoms. The maximum Gasteiger partial charge on any atom is 0.321 e. The van der Waals surface area contributed by atoms with Gasteiger partial charge in [0.05, 0.1) is 13.2 Å². The minimum atomic E-state index is -0.402. The minimum Gasteiger partial charge on any atom is -0.497 e. The predicted octanol–water partition coefficient (Wildman–Crippen LogP) is 1.68. The number of β-amino-alcohol motifs (C(OH)–C–C–N with tert-alkyl or cyclic N) is 1. The third-order valence-electron chi connectivity index (χ3n) is 3.03. The Labute approximate surface area is 106 Å². The number of benzene rings is 1. The average Bonchev–Trinajstić information content (AvgIpc) is 2.39. The van der Waals surface area contributed by atoms with Gasteiger partial charge in [0.1, 0.15) is 5.75 Å². The van der Waals surface area contributed by atoms with Crippen LogP contribution in [0.1, 0.15) is 12.8 Å². The van der Waals surface area contributed by atoms with Crippen molar-refractivity contribution in [2.24, 2.45) is 0 Å². The number of carbonyl (C=O) groups excluding carboxylic acids is 1. The first-order chi connectivity index (χ1) is 8.69. The van der Waals surface area contributed by atoms with Gasteiger partial charge in [0, 0.05) is 18.8 Å². The van der Waals surface area contributed by atoms with E-state index >= 15 is 0 Å². The number of likely N-dealkylation sites (tertiary alicyclic amines) is 1. The number of hydrogen-bond acceptors (Lipinski definition) is 3. The van der Waals surface area contributed by atoms with Crippen LogP contribution in [-0.2, 0) is 0 Å². The van der Waals surface area contributed by atoms with Gasteiger partial charge in [0.2, 0.25) is 0 Å². The third-order valence-corrected chi connectivity index (χ3v) is 3.03. The summed E-state index contributed by atoms with van der Waals surface area (Å²) in [5.74, 6) is 0.751. The molecule has 1 heterocycles. The van der Waals surface area contributed by atoms with E-state index in [1.807, 2.05) is 0 Å². The van der Waals surface area contributed by atoms with Crippen molar-refractivity contribution in [3.8, 4) is 5.75 Å². The molecule has 5 nitrogen and oxygen atoms in total. The van der Waals surface area contributed by atoms with Gasteiger partial charge in [0.25, 0.3) is 0 Å². The molecule has 1 fully saturated rings. The van der Waals surface area contributed by atoms with Crippen LogP contribution in [0, 0.1) is 0 Å². The Morgan fingerprint density at radius 3 is 2.78 bits per heavy atom. The summed E-state index contributed by atoms with van der Waals surface area (Å²) in [6, 6.07) is 6.99. The SMILES string of the molecule is COc1ccc(NC(=O)N2CCCC(O)C2)cc1. The highest BCUT2D eigenvalue weighted by atomic mass is 16.5. The van der Waals surface area contributed by atoms with Crippen LogP contribution in [0.4, 0.5) is 10.5 Å². The summed E-state index contributed by atoms with van der Waals surface area (Å²) >= 11 is 0. The van der Waals surface area contributed by atoms with Crippen molar-refractivity contribution >= 4 is 11.7 Å². The standard InChI is InChI=1S/C13H18N2O3/c1-18-12-6-4-10(5-7-12)14-13(17)15-8-2-3-11(16)9-15/h4-7,11,16H,2-3,8-9H2,1H3,(H,14,17). The lowest BCUT2D eigenvalue weighted by molar-refractivity contribution is 0.0883. The van der Waals surface area contributed by atoms with Crippen LogP contribution in [-0.4, -0.2) is 42.3 Å². The number of aliphatic hydroxyl groups is 1. The Hall–Kier alpha value is -1.75. The molecule has 1 unspecified atom stereocenters. The zero-order valence-electron chi connectivity index (χ0n) is 10.4. The Kier molecular flexibility index (Phi) is 4.04. The molecule has 0 radical (unpaired) electrons. The number of hydrogen-bond donors (Lipinski definition) is 2. The van der Waals surface area contributed by atoms with Gasteiger partial charge in [-0.3, -0.25) is 0 Å². The summed E-state index contributed by atoms with van der Waals surface area (Å²) in [4.78, 5) is 13.6. The van der Waals surface area contributed by atoms with Crippen molar-refractivity contribution in [3.63, 3.8) is 0 Å². The minimum absolute atomic E-state index is 0.168. The third kappa shape index (κ3) is 3.13. The fraction of sp³-hybridized carbons (Fsp3) is 0.462. The van der Waals surface area contributed by atoms with Crippen molar-refractivity contribution in [2.45, 2.75) is 18.9 Å². The second-order valence-electron chi connectivity index (χ2n) is 4.40. The van der Waals surface area contributed by atoms with Gasteiger partial charge in [-0.25, -0.2) is 4.79 Å². The summed E-state index contributed by atoms with van der Waals surface area (Å²) in [6.07, 6.45) is 1.21. The Morgan fingerprint density at radius 1 is 1.44 bits per heavy atom. The van der Waals surface area contributed by atoms with E-state index in [4.69, 9.17) is 4.74 Å². The van der Waals surface area contributed by atoms with E-state index in [0.29, 0.717) is 13.1 Å². The second kappa shape index (κ2) is 5.73. The number of ether oxygens (including phenoxy) is 1. The number of aliphatic hydroxyl groups excluding tert-OH is 1. The molecule has 0 aromatic heterocycles. The molecule has 2 rings (SSSR count). The summed E-state index contributed by atoms with van der Waals surface area (Å²) in [7, 11) is 1.60. The summed E-state index contributed by atoms with van der Waals surface area (Å²) < 4.78 is 5.05. The number of rotatable bonds is 2. The molecule has 0 aliphatic carbocycles. The lowest BCUT2D eigenvalue weighted by atomic mass is 10.1. The molecule has 1 aromatic carbocycles. The number of amides is 2. The van der Waals surface area contributed by atoms with Crippen molar-refractivity contribution in [2.75, 3.05) is 25.5 Å². The molecule has 0 bridgehead atoms. The van der Waals surface area contributed by atoms with Gasteiger partial charge >= 0.3 is 6.03 Å². The van der Waals surface area contributed by atoms with Gasteiger partial charge in [-0.05, 0) is 37.1 Å². The van der Waals surface area contributed by atoms with E-state index in [0.717, 1.165) is 24.3 Å². The van der Waals surface area contributed by atoms with Crippen molar-refractivity contribution in [1.82, 2.24) is 4.90 Å². The van der Waals surface area contributed by atoms with Gasteiger partial charge in [-0.1, -0.05) is 0 Å². The molecule has 1 atom stereocenters. The van der Waals surface area contributed by atoms with E-state index in [-0.39, 0.29) is 6.03 Å². The quantitative estimate of drug-likeness (QED) is 0.839. The molecule has 0 spiro atoms. The topological polar surface area (TPSA) is 61.8 Å². The maximum absolute atomic E-state index is 11.9.